The second-order valence-electron chi connectivity index (χ2n) is 4.88. The van der Waals surface area contributed by atoms with Crippen molar-refractivity contribution in [2.45, 2.75) is 26.2 Å². The molecule has 2 aliphatic rings. The van der Waals surface area contributed by atoms with E-state index < -0.39 is 0 Å². The molecule has 2 fully saturated rings. The molecule has 1 aliphatic carbocycles. The summed E-state index contributed by atoms with van der Waals surface area (Å²) in [6.07, 6.45) is 3.89. The van der Waals surface area contributed by atoms with Gasteiger partial charge in [-0.3, -0.25) is 0 Å². The predicted octanol–water partition coefficient (Wildman–Crippen LogP) is 1.53. The summed E-state index contributed by atoms with van der Waals surface area (Å²) in [5, 5.41) is 0. The fourth-order valence-electron chi connectivity index (χ4n) is 2.27. The van der Waals surface area contributed by atoms with Crippen LogP contribution in [0.25, 0.3) is 0 Å². The number of ether oxygens (including phenoxy) is 2. The first-order valence-electron chi connectivity index (χ1n) is 6.22. The molecule has 0 aromatic heterocycles. The van der Waals surface area contributed by atoms with Crippen LogP contribution in [0.15, 0.2) is 0 Å². The minimum Gasteiger partial charge on any atom is -0.381 e. The highest BCUT2D eigenvalue weighted by Crippen LogP contribution is 2.46. The lowest BCUT2D eigenvalue weighted by molar-refractivity contribution is 0.0761. The van der Waals surface area contributed by atoms with Gasteiger partial charge in [0.25, 0.3) is 0 Å². The van der Waals surface area contributed by atoms with Crippen LogP contribution in [0, 0.1) is 5.41 Å². The fraction of sp³-hybridized carbons (Fsp3) is 1.00. The maximum absolute atomic E-state index is 5.58. The Morgan fingerprint density at radius 1 is 1.27 bits per heavy atom. The van der Waals surface area contributed by atoms with Gasteiger partial charge in [0, 0.05) is 38.3 Å². The van der Waals surface area contributed by atoms with Crippen molar-refractivity contribution in [3.63, 3.8) is 0 Å². The molecule has 88 valence electrons. The lowest BCUT2D eigenvalue weighted by Crippen LogP contribution is -2.34. The second-order valence-corrected chi connectivity index (χ2v) is 4.88. The summed E-state index contributed by atoms with van der Waals surface area (Å²) in [6, 6.07) is 0. The van der Waals surface area contributed by atoms with Crippen LogP contribution in [0.2, 0.25) is 0 Å². The van der Waals surface area contributed by atoms with Gasteiger partial charge in [0.2, 0.25) is 0 Å². The molecule has 0 spiro atoms. The van der Waals surface area contributed by atoms with Crippen LogP contribution in [-0.4, -0.2) is 51.0 Å². The Bertz CT molecular complexity index is 184. The van der Waals surface area contributed by atoms with Gasteiger partial charge < -0.3 is 14.4 Å². The third-order valence-electron chi connectivity index (χ3n) is 3.44. The van der Waals surface area contributed by atoms with E-state index in [-0.39, 0.29) is 0 Å². The number of nitrogens with zero attached hydrogens (tertiary/aromatic N) is 1. The van der Waals surface area contributed by atoms with Gasteiger partial charge in [0.05, 0.1) is 13.2 Å². The minimum atomic E-state index is 0.500. The van der Waals surface area contributed by atoms with E-state index in [9.17, 15) is 0 Å². The summed E-state index contributed by atoms with van der Waals surface area (Å²) in [5.74, 6) is 0. The highest BCUT2D eigenvalue weighted by molar-refractivity contribution is 4.95. The molecule has 15 heavy (non-hydrogen) atoms. The van der Waals surface area contributed by atoms with Gasteiger partial charge in [-0.2, -0.15) is 0 Å². The van der Waals surface area contributed by atoms with Crippen LogP contribution >= 0.6 is 0 Å². The molecule has 3 nitrogen and oxygen atoms in total. The quantitative estimate of drug-likeness (QED) is 0.691. The molecule has 0 amide bonds. The van der Waals surface area contributed by atoms with Crippen LogP contribution < -0.4 is 0 Å². The summed E-state index contributed by atoms with van der Waals surface area (Å²) < 4.78 is 11.0. The molecule has 1 aliphatic heterocycles. The lowest BCUT2D eigenvalue weighted by Gasteiger charge is -2.25. The largest absolute Gasteiger partial charge is 0.381 e. The first-order chi connectivity index (χ1) is 7.35. The Balaban J connectivity index is 1.74. The number of hydrogen-bond acceptors (Lipinski definition) is 3. The van der Waals surface area contributed by atoms with E-state index in [2.05, 4.69) is 11.8 Å². The van der Waals surface area contributed by atoms with Gasteiger partial charge in [0.1, 0.15) is 0 Å². The third-order valence-corrected chi connectivity index (χ3v) is 3.44. The molecule has 1 saturated carbocycles. The first kappa shape index (κ1) is 11.4. The predicted molar refractivity (Wildman–Crippen MR) is 60.0 cm³/mol. The normalized spacial score (nSPS) is 26.2. The second kappa shape index (κ2) is 5.28. The Labute approximate surface area is 92.7 Å². The smallest absolute Gasteiger partial charge is 0.0593 e. The molecule has 1 heterocycles. The SMILES string of the molecule is CCOCC1(CN2CCCOCC2)CC1. The van der Waals surface area contributed by atoms with Gasteiger partial charge in [-0.15, -0.1) is 0 Å². The summed E-state index contributed by atoms with van der Waals surface area (Å²) in [7, 11) is 0. The molecule has 1 saturated heterocycles. The van der Waals surface area contributed by atoms with E-state index in [4.69, 9.17) is 9.47 Å². The van der Waals surface area contributed by atoms with Crippen molar-refractivity contribution in [2.75, 3.05) is 46.1 Å². The summed E-state index contributed by atoms with van der Waals surface area (Å²) in [5.41, 5.74) is 0.500. The summed E-state index contributed by atoms with van der Waals surface area (Å²) in [4.78, 5) is 2.55. The first-order valence-corrected chi connectivity index (χ1v) is 6.22. The van der Waals surface area contributed by atoms with E-state index >= 15 is 0 Å². The molecule has 0 aromatic carbocycles. The molecule has 0 radical (unpaired) electrons. The zero-order chi connectivity index (χ0) is 10.6. The van der Waals surface area contributed by atoms with Crippen molar-refractivity contribution in [2.24, 2.45) is 5.41 Å². The maximum atomic E-state index is 5.58. The standard InChI is InChI=1S/C12H23NO2/c1-2-14-11-12(4-5-12)10-13-6-3-8-15-9-7-13/h2-11H2,1H3. The van der Waals surface area contributed by atoms with Gasteiger partial charge in [-0.1, -0.05) is 0 Å². The molecule has 0 N–H and O–H groups in total. The van der Waals surface area contributed by atoms with Crippen molar-refractivity contribution in [3.05, 3.63) is 0 Å². The van der Waals surface area contributed by atoms with E-state index in [0.717, 1.165) is 33.0 Å². The monoisotopic (exact) mass is 213 g/mol. The summed E-state index contributed by atoms with van der Waals surface area (Å²) in [6.45, 7) is 9.26. The zero-order valence-electron chi connectivity index (χ0n) is 9.83. The van der Waals surface area contributed by atoms with Gasteiger partial charge in [-0.05, 0) is 26.2 Å². The van der Waals surface area contributed by atoms with Crippen LogP contribution in [0.4, 0.5) is 0 Å². The number of rotatable bonds is 5. The van der Waals surface area contributed by atoms with E-state index in [1.54, 1.807) is 0 Å². The molecule has 0 bridgehead atoms. The highest BCUT2D eigenvalue weighted by atomic mass is 16.5. The van der Waals surface area contributed by atoms with Crippen LogP contribution in [0.5, 0.6) is 0 Å². The topological polar surface area (TPSA) is 21.7 Å². The van der Waals surface area contributed by atoms with Crippen LogP contribution in [0.1, 0.15) is 26.2 Å². The highest BCUT2D eigenvalue weighted by Gasteiger charge is 2.43. The molecule has 0 atom stereocenters. The van der Waals surface area contributed by atoms with Crippen molar-refractivity contribution in [1.29, 1.82) is 0 Å². The van der Waals surface area contributed by atoms with Crippen LogP contribution in [-0.2, 0) is 9.47 Å². The average molecular weight is 213 g/mol. The van der Waals surface area contributed by atoms with Crippen molar-refractivity contribution < 1.29 is 9.47 Å². The lowest BCUT2D eigenvalue weighted by atomic mass is 10.1. The van der Waals surface area contributed by atoms with E-state index in [1.807, 2.05) is 0 Å². The van der Waals surface area contributed by atoms with E-state index in [1.165, 1.54) is 32.4 Å². The number of hydrogen-bond donors (Lipinski definition) is 0. The van der Waals surface area contributed by atoms with Gasteiger partial charge in [0.15, 0.2) is 0 Å². The molecular weight excluding hydrogens is 190 g/mol. The molecule has 3 heteroatoms. The fourth-order valence-corrected chi connectivity index (χ4v) is 2.27. The third kappa shape index (κ3) is 3.44. The zero-order valence-corrected chi connectivity index (χ0v) is 9.83. The average Bonchev–Trinajstić information content (AvgIpc) is 3.02. The Hall–Kier alpha value is -0.120. The van der Waals surface area contributed by atoms with Crippen LogP contribution in [0.3, 0.4) is 0 Å². The van der Waals surface area contributed by atoms with Crippen molar-refractivity contribution in [3.8, 4) is 0 Å². The maximum Gasteiger partial charge on any atom is 0.0593 e. The van der Waals surface area contributed by atoms with Gasteiger partial charge >= 0.3 is 0 Å². The minimum absolute atomic E-state index is 0.500. The molecule has 0 aromatic rings. The Kier molecular flexibility index (Phi) is 4.00. The van der Waals surface area contributed by atoms with Crippen molar-refractivity contribution >= 4 is 0 Å². The summed E-state index contributed by atoms with van der Waals surface area (Å²) >= 11 is 0. The Morgan fingerprint density at radius 3 is 2.87 bits per heavy atom. The molecule has 2 rings (SSSR count). The van der Waals surface area contributed by atoms with E-state index in [0.29, 0.717) is 5.41 Å². The van der Waals surface area contributed by atoms with Crippen molar-refractivity contribution in [1.82, 2.24) is 4.90 Å². The molecule has 0 unspecified atom stereocenters. The molecular formula is C12H23NO2. The Morgan fingerprint density at radius 2 is 2.13 bits per heavy atom. The van der Waals surface area contributed by atoms with Gasteiger partial charge in [-0.25, -0.2) is 0 Å².